The molecule has 0 saturated carbocycles. The van der Waals surface area contributed by atoms with Gasteiger partial charge in [-0.15, -0.1) is 0 Å². The Labute approximate surface area is 120 Å². The van der Waals surface area contributed by atoms with Crippen LogP contribution in [0.3, 0.4) is 0 Å². The summed E-state index contributed by atoms with van der Waals surface area (Å²) >= 11 is 1.86. The van der Waals surface area contributed by atoms with Gasteiger partial charge < -0.3 is 0 Å². The Kier molecular flexibility index (Phi) is 3.93. The molecule has 1 aromatic carbocycles. The van der Waals surface area contributed by atoms with Crippen LogP contribution in [0.25, 0.3) is 0 Å². The molecule has 0 unspecified atom stereocenters. The zero-order valence-corrected chi connectivity index (χ0v) is 11.6. The van der Waals surface area contributed by atoms with Crippen LogP contribution in [0.1, 0.15) is 11.1 Å². The Morgan fingerprint density at radius 2 is 1.84 bits per heavy atom. The lowest BCUT2D eigenvalue weighted by atomic mass is 10.1. The highest BCUT2D eigenvalue weighted by molar-refractivity contribution is 14.1. The lowest BCUT2D eigenvalue weighted by Crippen LogP contribution is -2.22. The highest BCUT2D eigenvalue weighted by Gasteiger charge is 2.29. The molecular formula is C12H8F3IN2O. The summed E-state index contributed by atoms with van der Waals surface area (Å²) in [4.78, 5) is 15.6. The van der Waals surface area contributed by atoms with E-state index in [4.69, 9.17) is 0 Å². The number of benzene rings is 1. The van der Waals surface area contributed by atoms with Crippen LogP contribution in [0, 0.1) is 3.57 Å². The zero-order valence-electron chi connectivity index (χ0n) is 9.49. The van der Waals surface area contributed by atoms with E-state index in [1.54, 1.807) is 0 Å². The molecule has 100 valence electrons. The van der Waals surface area contributed by atoms with Crippen LogP contribution in [-0.4, -0.2) is 9.55 Å². The van der Waals surface area contributed by atoms with Crippen molar-refractivity contribution in [1.82, 2.24) is 9.55 Å². The zero-order chi connectivity index (χ0) is 14.0. The quantitative estimate of drug-likeness (QED) is 0.752. The standard InChI is InChI=1S/C12H8F3IN2O/c13-12(14,15)9-3-1-8(2-4-9)6-18-7-17-5-10(16)11(18)19/h1-5,7H,6H2. The van der Waals surface area contributed by atoms with Crippen LogP contribution >= 0.6 is 22.6 Å². The summed E-state index contributed by atoms with van der Waals surface area (Å²) in [6, 6.07) is 4.72. The molecule has 1 heterocycles. The number of alkyl halides is 3. The van der Waals surface area contributed by atoms with Crippen LogP contribution < -0.4 is 5.56 Å². The van der Waals surface area contributed by atoms with Crippen molar-refractivity contribution in [3.05, 3.63) is 61.8 Å². The van der Waals surface area contributed by atoms with Crippen LogP contribution in [0.15, 0.2) is 41.6 Å². The molecular weight excluding hydrogens is 372 g/mol. The molecule has 0 fully saturated rings. The van der Waals surface area contributed by atoms with Gasteiger partial charge in [0.2, 0.25) is 0 Å². The average molecular weight is 380 g/mol. The Morgan fingerprint density at radius 1 is 1.21 bits per heavy atom. The van der Waals surface area contributed by atoms with Crippen molar-refractivity contribution >= 4 is 22.6 Å². The number of hydrogen-bond donors (Lipinski definition) is 0. The van der Waals surface area contributed by atoms with Gasteiger partial charge in [-0.05, 0) is 40.3 Å². The minimum absolute atomic E-state index is 0.195. The van der Waals surface area contributed by atoms with Gasteiger partial charge in [0, 0.05) is 6.20 Å². The third-order valence-corrected chi connectivity index (χ3v) is 3.23. The summed E-state index contributed by atoms with van der Waals surface area (Å²) in [6.07, 6.45) is -1.55. The number of aromatic nitrogens is 2. The van der Waals surface area contributed by atoms with Gasteiger partial charge in [0.1, 0.15) is 0 Å². The van der Waals surface area contributed by atoms with E-state index in [0.29, 0.717) is 9.13 Å². The maximum Gasteiger partial charge on any atom is 0.416 e. The molecule has 0 aliphatic carbocycles. The fourth-order valence-corrected chi connectivity index (χ4v) is 2.00. The van der Waals surface area contributed by atoms with Crippen molar-refractivity contribution in [2.24, 2.45) is 0 Å². The van der Waals surface area contributed by atoms with Gasteiger partial charge in [-0.2, -0.15) is 13.2 Å². The minimum atomic E-state index is -4.35. The van der Waals surface area contributed by atoms with E-state index >= 15 is 0 Å². The first-order valence-corrected chi connectivity index (χ1v) is 6.32. The summed E-state index contributed by atoms with van der Waals surface area (Å²) in [7, 11) is 0. The second kappa shape index (κ2) is 5.32. The van der Waals surface area contributed by atoms with Crippen LogP contribution in [0.2, 0.25) is 0 Å². The number of hydrogen-bond acceptors (Lipinski definition) is 2. The van der Waals surface area contributed by atoms with Crippen molar-refractivity contribution in [3.8, 4) is 0 Å². The Balaban J connectivity index is 2.25. The summed E-state index contributed by atoms with van der Waals surface area (Å²) in [6.45, 7) is 0.195. The van der Waals surface area contributed by atoms with Gasteiger partial charge in [-0.1, -0.05) is 12.1 Å². The monoisotopic (exact) mass is 380 g/mol. The van der Waals surface area contributed by atoms with Gasteiger partial charge >= 0.3 is 6.18 Å². The fourth-order valence-electron chi connectivity index (χ4n) is 1.53. The van der Waals surface area contributed by atoms with Crippen molar-refractivity contribution in [1.29, 1.82) is 0 Å². The Bertz CT molecular complexity index is 635. The van der Waals surface area contributed by atoms with Crippen molar-refractivity contribution in [2.75, 3.05) is 0 Å². The second-order valence-electron chi connectivity index (χ2n) is 3.87. The normalized spacial score (nSPS) is 11.6. The largest absolute Gasteiger partial charge is 0.416 e. The lowest BCUT2D eigenvalue weighted by Gasteiger charge is -2.08. The first-order valence-electron chi connectivity index (χ1n) is 5.24. The fraction of sp³-hybridized carbons (Fsp3) is 0.167. The molecule has 0 N–H and O–H groups in total. The molecule has 19 heavy (non-hydrogen) atoms. The molecule has 0 atom stereocenters. The predicted molar refractivity (Wildman–Crippen MR) is 71.8 cm³/mol. The average Bonchev–Trinajstić information content (AvgIpc) is 2.35. The molecule has 0 spiro atoms. The molecule has 7 heteroatoms. The molecule has 0 radical (unpaired) electrons. The second-order valence-corrected chi connectivity index (χ2v) is 5.03. The first kappa shape index (κ1) is 14.0. The highest BCUT2D eigenvalue weighted by Crippen LogP contribution is 2.29. The highest BCUT2D eigenvalue weighted by atomic mass is 127. The van der Waals surface area contributed by atoms with Crippen molar-refractivity contribution in [3.63, 3.8) is 0 Å². The number of halogens is 4. The van der Waals surface area contributed by atoms with Gasteiger partial charge in [-0.25, -0.2) is 4.98 Å². The Morgan fingerprint density at radius 3 is 2.42 bits per heavy atom. The molecule has 0 bridgehead atoms. The van der Waals surface area contributed by atoms with Crippen LogP contribution in [0.5, 0.6) is 0 Å². The summed E-state index contributed by atoms with van der Waals surface area (Å²) in [5, 5.41) is 0. The van der Waals surface area contributed by atoms with E-state index in [1.165, 1.54) is 29.2 Å². The predicted octanol–water partition coefficient (Wildman–Crippen LogP) is 2.92. The van der Waals surface area contributed by atoms with E-state index in [1.807, 2.05) is 22.6 Å². The van der Waals surface area contributed by atoms with Gasteiger partial charge in [0.15, 0.2) is 0 Å². The molecule has 0 aliphatic heterocycles. The molecule has 2 aromatic rings. The third-order valence-electron chi connectivity index (χ3n) is 2.49. The molecule has 0 amide bonds. The summed E-state index contributed by atoms with van der Waals surface area (Å²) in [5.74, 6) is 0. The minimum Gasteiger partial charge on any atom is -0.294 e. The number of nitrogens with zero attached hydrogens (tertiary/aromatic N) is 2. The maximum atomic E-state index is 12.4. The first-order chi connectivity index (χ1) is 8.88. The molecule has 2 rings (SSSR count). The van der Waals surface area contributed by atoms with E-state index in [0.717, 1.165) is 12.1 Å². The molecule has 3 nitrogen and oxygen atoms in total. The third kappa shape index (κ3) is 3.34. The lowest BCUT2D eigenvalue weighted by molar-refractivity contribution is -0.137. The molecule has 1 aromatic heterocycles. The maximum absolute atomic E-state index is 12.4. The Hall–Kier alpha value is -1.38. The van der Waals surface area contributed by atoms with Crippen LogP contribution in [0.4, 0.5) is 13.2 Å². The summed E-state index contributed by atoms with van der Waals surface area (Å²) < 4.78 is 39.0. The van der Waals surface area contributed by atoms with Crippen molar-refractivity contribution in [2.45, 2.75) is 12.7 Å². The van der Waals surface area contributed by atoms with Crippen molar-refractivity contribution < 1.29 is 13.2 Å². The van der Waals surface area contributed by atoms with E-state index in [9.17, 15) is 18.0 Å². The smallest absolute Gasteiger partial charge is 0.294 e. The molecule has 0 saturated heterocycles. The van der Waals surface area contributed by atoms with E-state index in [2.05, 4.69) is 4.98 Å². The summed E-state index contributed by atoms with van der Waals surface area (Å²) in [5.41, 5.74) is -0.307. The number of rotatable bonds is 2. The topological polar surface area (TPSA) is 34.9 Å². The van der Waals surface area contributed by atoms with E-state index < -0.39 is 11.7 Å². The van der Waals surface area contributed by atoms with E-state index in [-0.39, 0.29) is 12.1 Å². The van der Waals surface area contributed by atoms with Crippen LogP contribution in [-0.2, 0) is 12.7 Å². The van der Waals surface area contributed by atoms with Gasteiger partial charge in [-0.3, -0.25) is 9.36 Å². The SMILES string of the molecule is O=c1c(I)cncn1Cc1ccc(C(F)(F)F)cc1. The molecule has 0 aliphatic rings. The van der Waals surface area contributed by atoms with Gasteiger partial charge in [0.05, 0.1) is 22.0 Å². The van der Waals surface area contributed by atoms with Gasteiger partial charge in [0.25, 0.3) is 5.56 Å².